The Kier molecular flexibility index (Phi) is 13.1. The number of pyridine rings is 1. The molecule has 2 aromatic rings. The Hall–Kier alpha value is -2.73. The number of carbonyl (C=O) groups is 3. The summed E-state index contributed by atoms with van der Waals surface area (Å²) in [5.74, 6) is -1.40. The van der Waals surface area contributed by atoms with Crippen LogP contribution in [0.4, 0.5) is 11.5 Å². The molecule has 0 aliphatic carbocycles. The zero-order valence-electron chi connectivity index (χ0n) is 18.6. The summed E-state index contributed by atoms with van der Waals surface area (Å²) in [6.45, 7) is 0.297. The fourth-order valence-electron chi connectivity index (χ4n) is 2.92. The van der Waals surface area contributed by atoms with E-state index in [2.05, 4.69) is 20.9 Å². The predicted octanol–water partition coefficient (Wildman–Crippen LogP) is 2.29. The van der Waals surface area contributed by atoms with Gasteiger partial charge in [-0.1, -0.05) is 23.7 Å². The van der Waals surface area contributed by atoms with Crippen LogP contribution in [0.15, 0.2) is 42.6 Å². The SMILES string of the molecule is O=C(O)CC(NC(=O)CNC(=O)CCCCNc1ccccn1)c1ccc(Cl)c([N+](=O)[O-])c1.[Na]. The van der Waals surface area contributed by atoms with Crippen molar-refractivity contribution in [1.82, 2.24) is 15.6 Å². The van der Waals surface area contributed by atoms with E-state index in [0.717, 1.165) is 18.3 Å². The molecular weight excluding hydrogens is 477 g/mol. The molecule has 0 saturated heterocycles. The molecule has 4 N–H and O–H groups in total. The molecule has 2 rings (SSSR count). The van der Waals surface area contributed by atoms with Crippen LogP contribution in [-0.2, 0) is 14.4 Å². The van der Waals surface area contributed by atoms with Crippen LogP contribution in [-0.4, -0.2) is 75.4 Å². The summed E-state index contributed by atoms with van der Waals surface area (Å²) >= 11 is 5.78. The topological polar surface area (TPSA) is 164 Å². The number of hydrogen-bond donors (Lipinski definition) is 4. The molecule has 34 heavy (non-hydrogen) atoms. The van der Waals surface area contributed by atoms with Crippen molar-refractivity contribution in [3.05, 3.63) is 63.3 Å². The minimum absolute atomic E-state index is 0. The number of aromatic nitrogens is 1. The first-order chi connectivity index (χ1) is 15.8. The molecule has 0 aliphatic rings. The molecule has 1 unspecified atom stereocenters. The summed E-state index contributed by atoms with van der Waals surface area (Å²) in [5.41, 5.74) is -0.182. The second-order valence-corrected chi connectivity index (χ2v) is 7.47. The van der Waals surface area contributed by atoms with Crippen molar-refractivity contribution in [1.29, 1.82) is 0 Å². The van der Waals surface area contributed by atoms with E-state index in [1.807, 2.05) is 18.2 Å². The number of benzene rings is 1. The van der Waals surface area contributed by atoms with Gasteiger partial charge in [-0.05, 0) is 36.6 Å². The molecule has 1 atom stereocenters. The van der Waals surface area contributed by atoms with Gasteiger partial charge in [-0.15, -0.1) is 0 Å². The number of hydrogen-bond acceptors (Lipinski definition) is 7. The van der Waals surface area contributed by atoms with Crippen LogP contribution in [0, 0.1) is 10.1 Å². The number of halogens is 1. The van der Waals surface area contributed by atoms with E-state index >= 15 is 0 Å². The largest absolute Gasteiger partial charge is 0.481 e. The molecule has 0 fully saturated rings. The average Bonchev–Trinajstić information content (AvgIpc) is 2.77. The first-order valence-electron chi connectivity index (χ1n) is 10.1. The number of carbonyl (C=O) groups excluding carboxylic acids is 2. The van der Waals surface area contributed by atoms with E-state index in [4.69, 9.17) is 16.7 Å². The minimum Gasteiger partial charge on any atom is -0.481 e. The number of nitrogens with one attached hydrogen (secondary N) is 3. The number of carboxylic acid groups (broad SMARTS) is 1. The molecule has 1 aromatic heterocycles. The van der Waals surface area contributed by atoms with E-state index in [9.17, 15) is 24.5 Å². The molecule has 2 amide bonds. The van der Waals surface area contributed by atoms with E-state index < -0.39 is 34.9 Å². The van der Waals surface area contributed by atoms with Crippen molar-refractivity contribution in [2.24, 2.45) is 0 Å². The zero-order valence-corrected chi connectivity index (χ0v) is 21.4. The summed E-state index contributed by atoms with van der Waals surface area (Å²) in [6, 6.07) is 8.28. The Morgan fingerprint density at radius 3 is 2.56 bits per heavy atom. The minimum atomic E-state index is -1.21. The van der Waals surface area contributed by atoms with Gasteiger partial charge >= 0.3 is 5.97 Å². The molecule has 0 saturated carbocycles. The van der Waals surface area contributed by atoms with Gasteiger partial charge in [0.05, 0.1) is 23.9 Å². The second-order valence-electron chi connectivity index (χ2n) is 7.06. The van der Waals surface area contributed by atoms with Crippen LogP contribution in [0.3, 0.4) is 0 Å². The maximum atomic E-state index is 12.2. The van der Waals surface area contributed by atoms with Gasteiger partial charge in [-0.2, -0.15) is 0 Å². The number of rotatable bonds is 13. The number of nitrogens with zero attached hydrogens (tertiary/aromatic N) is 2. The summed E-state index contributed by atoms with van der Waals surface area (Å²) in [6.07, 6.45) is 2.73. The van der Waals surface area contributed by atoms with Crippen molar-refractivity contribution in [3.8, 4) is 0 Å². The van der Waals surface area contributed by atoms with E-state index in [1.54, 1.807) is 6.20 Å². The number of anilines is 1. The van der Waals surface area contributed by atoms with E-state index in [1.165, 1.54) is 12.1 Å². The smallest absolute Gasteiger partial charge is 0.305 e. The summed E-state index contributed by atoms with van der Waals surface area (Å²) in [4.78, 5) is 49.9. The van der Waals surface area contributed by atoms with E-state index in [0.29, 0.717) is 13.0 Å². The van der Waals surface area contributed by atoms with Gasteiger partial charge in [0.15, 0.2) is 0 Å². The second kappa shape index (κ2) is 15.2. The monoisotopic (exact) mass is 500 g/mol. The van der Waals surface area contributed by atoms with Crippen molar-refractivity contribution in [2.45, 2.75) is 31.7 Å². The molecular formula is C21H24ClN5NaO6. The maximum Gasteiger partial charge on any atom is 0.305 e. The van der Waals surface area contributed by atoms with Crippen LogP contribution in [0.1, 0.15) is 37.3 Å². The van der Waals surface area contributed by atoms with Crippen LogP contribution < -0.4 is 16.0 Å². The molecule has 0 bridgehead atoms. The van der Waals surface area contributed by atoms with Gasteiger partial charge in [0.1, 0.15) is 10.8 Å². The normalized spacial score (nSPS) is 11.0. The van der Waals surface area contributed by atoms with Crippen molar-refractivity contribution in [3.63, 3.8) is 0 Å². The molecule has 1 heterocycles. The van der Waals surface area contributed by atoms with E-state index in [-0.39, 0.29) is 59.0 Å². The van der Waals surface area contributed by atoms with Gasteiger partial charge in [-0.25, -0.2) is 4.98 Å². The van der Waals surface area contributed by atoms with Crippen LogP contribution >= 0.6 is 11.6 Å². The van der Waals surface area contributed by atoms with Gasteiger partial charge in [-0.3, -0.25) is 24.5 Å². The van der Waals surface area contributed by atoms with Gasteiger partial charge in [0, 0.05) is 54.8 Å². The maximum absolute atomic E-state index is 12.2. The van der Waals surface area contributed by atoms with Crippen molar-refractivity contribution >= 4 is 70.4 Å². The summed E-state index contributed by atoms with van der Waals surface area (Å²) < 4.78 is 0. The Labute approximate surface area is 223 Å². The van der Waals surface area contributed by atoms with Crippen LogP contribution in [0.25, 0.3) is 0 Å². The van der Waals surface area contributed by atoms with Gasteiger partial charge in [0.2, 0.25) is 11.8 Å². The number of nitro groups is 1. The van der Waals surface area contributed by atoms with Crippen molar-refractivity contribution < 1.29 is 24.4 Å². The molecule has 13 heteroatoms. The third kappa shape index (κ3) is 10.5. The number of unbranched alkanes of at least 4 members (excludes halogenated alkanes) is 1. The average molecular weight is 501 g/mol. The molecule has 0 aliphatic heterocycles. The fraction of sp³-hybridized carbons (Fsp3) is 0.333. The molecule has 1 aromatic carbocycles. The molecule has 0 spiro atoms. The Morgan fingerprint density at radius 1 is 1.15 bits per heavy atom. The van der Waals surface area contributed by atoms with Crippen molar-refractivity contribution in [2.75, 3.05) is 18.4 Å². The summed E-state index contributed by atoms with van der Waals surface area (Å²) in [7, 11) is 0. The number of nitro benzene ring substituents is 1. The summed E-state index contributed by atoms with van der Waals surface area (Å²) in [5, 5.41) is 28.2. The Bertz CT molecular complexity index is 995. The fourth-order valence-corrected chi connectivity index (χ4v) is 3.11. The number of amides is 2. The van der Waals surface area contributed by atoms with Gasteiger partial charge < -0.3 is 21.1 Å². The number of carboxylic acids is 1. The van der Waals surface area contributed by atoms with Gasteiger partial charge in [0.25, 0.3) is 5.69 Å². The predicted molar refractivity (Wildman–Crippen MR) is 127 cm³/mol. The first-order valence-corrected chi connectivity index (χ1v) is 10.5. The third-order valence-electron chi connectivity index (χ3n) is 4.53. The zero-order chi connectivity index (χ0) is 24.2. The Morgan fingerprint density at radius 2 is 1.91 bits per heavy atom. The first kappa shape index (κ1) is 29.3. The van der Waals surface area contributed by atoms with Crippen LogP contribution in [0.2, 0.25) is 5.02 Å². The quantitative estimate of drug-likeness (QED) is 0.141. The number of aliphatic carboxylic acids is 1. The standard InChI is InChI=1S/C21H24ClN5O6.Na/c22-15-8-7-14(11-17(15)27(32)33)16(12-21(30)31)26-20(29)13-25-19(28)6-2-4-10-24-18-5-1-3-9-23-18;/h1,3,5,7-9,11,16H,2,4,6,10,12-13H2,(H,23,24)(H,25,28)(H,26,29)(H,30,31);. The Balaban J connectivity index is 0.00000578. The van der Waals surface area contributed by atoms with Crippen LogP contribution in [0.5, 0.6) is 0 Å². The third-order valence-corrected chi connectivity index (χ3v) is 4.85. The molecule has 1 radical (unpaired) electrons. The molecule has 177 valence electrons. The molecule has 11 nitrogen and oxygen atoms in total.